The first-order chi connectivity index (χ1) is 15.7. The number of nitrogens with zero attached hydrogens (tertiary/aromatic N) is 1. The highest BCUT2D eigenvalue weighted by atomic mass is 32.1. The Morgan fingerprint density at radius 2 is 1.53 bits per heavy atom. The number of aromatic nitrogens is 1. The summed E-state index contributed by atoms with van der Waals surface area (Å²) in [5.74, 6) is 0.541. The topological polar surface area (TPSA) is 60.5 Å². The van der Waals surface area contributed by atoms with Gasteiger partial charge < -0.3 is 14.8 Å². The number of hydrogen-bond donors (Lipinski definition) is 1. The van der Waals surface area contributed by atoms with Gasteiger partial charge in [0.15, 0.2) is 0 Å². The van der Waals surface area contributed by atoms with Crippen molar-refractivity contribution in [2.45, 2.75) is 19.8 Å². The number of hydrogen-bond acceptors (Lipinski definition) is 5. The van der Waals surface area contributed by atoms with Crippen LogP contribution in [0.5, 0.6) is 5.75 Å². The highest BCUT2D eigenvalue weighted by Crippen LogP contribution is 2.31. The molecule has 0 unspecified atom stereocenters. The molecule has 0 fully saturated rings. The lowest BCUT2D eigenvalue weighted by Gasteiger charge is -2.07. The van der Waals surface area contributed by atoms with Gasteiger partial charge in [0.25, 0.3) is 5.91 Å². The molecule has 1 heterocycles. The maximum Gasteiger partial charge on any atom is 0.271 e. The average molecular weight is 445 g/mol. The summed E-state index contributed by atoms with van der Waals surface area (Å²) in [6.45, 7) is 1.57. The van der Waals surface area contributed by atoms with Crippen LogP contribution < -0.4 is 10.1 Å². The van der Waals surface area contributed by atoms with Gasteiger partial charge in [-0.3, -0.25) is 4.79 Å². The van der Waals surface area contributed by atoms with Crippen LogP contribution in [0.3, 0.4) is 0 Å². The number of ether oxygens (including phenoxy) is 2. The van der Waals surface area contributed by atoms with Crippen LogP contribution in [-0.2, 0) is 24.5 Å². The lowest BCUT2D eigenvalue weighted by atomic mass is 10.1. The monoisotopic (exact) mass is 444 g/mol. The minimum Gasteiger partial charge on any atom is -0.496 e. The lowest BCUT2D eigenvalue weighted by Crippen LogP contribution is -2.23. The smallest absolute Gasteiger partial charge is 0.271 e. The number of thiazole rings is 1. The molecule has 0 radical (unpaired) electrons. The van der Waals surface area contributed by atoms with E-state index in [4.69, 9.17) is 9.47 Å². The Balaban J connectivity index is 1.28. The second kappa shape index (κ2) is 10.7. The van der Waals surface area contributed by atoms with Crippen LogP contribution in [0.2, 0.25) is 0 Å². The zero-order chi connectivity index (χ0) is 22.2. The van der Waals surface area contributed by atoms with E-state index in [1.165, 1.54) is 11.3 Å². The van der Waals surface area contributed by atoms with Gasteiger partial charge >= 0.3 is 0 Å². The summed E-state index contributed by atoms with van der Waals surface area (Å²) in [6.07, 6.45) is 0. The molecule has 32 heavy (non-hydrogen) atoms. The van der Waals surface area contributed by atoms with Crippen molar-refractivity contribution in [2.75, 3.05) is 7.11 Å². The summed E-state index contributed by atoms with van der Waals surface area (Å²) in [7, 11) is 1.63. The molecule has 0 saturated heterocycles. The van der Waals surface area contributed by atoms with Gasteiger partial charge in [-0.05, 0) is 28.8 Å². The van der Waals surface area contributed by atoms with Crippen LogP contribution in [0.1, 0.15) is 27.2 Å². The Morgan fingerprint density at radius 3 is 2.28 bits per heavy atom. The van der Waals surface area contributed by atoms with E-state index >= 15 is 0 Å². The number of amides is 1. The molecule has 5 nitrogen and oxygen atoms in total. The molecule has 0 aliphatic carbocycles. The Bertz CT molecular complexity index is 1160. The first kappa shape index (κ1) is 21.7. The van der Waals surface area contributed by atoms with E-state index in [2.05, 4.69) is 10.3 Å². The summed E-state index contributed by atoms with van der Waals surface area (Å²) in [4.78, 5) is 17.0. The van der Waals surface area contributed by atoms with Gasteiger partial charge in [0.05, 0.1) is 25.9 Å². The first-order valence-electron chi connectivity index (χ1n) is 10.3. The molecule has 1 amide bonds. The Hall–Kier alpha value is -3.48. The highest BCUT2D eigenvalue weighted by Gasteiger charge is 2.14. The summed E-state index contributed by atoms with van der Waals surface area (Å²) in [5.41, 5.74) is 4.55. The van der Waals surface area contributed by atoms with Gasteiger partial charge in [0.2, 0.25) is 0 Å². The largest absolute Gasteiger partial charge is 0.496 e. The molecular weight excluding hydrogens is 420 g/mol. The minimum absolute atomic E-state index is 0.197. The molecule has 0 aliphatic rings. The molecule has 0 aliphatic heterocycles. The molecular formula is C26H24N2O3S. The summed E-state index contributed by atoms with van der Waals surface area (Å²) >= 11 is 1.42. The van der Waals surface area contributed by atoms with Crippen molar-refractivity contribution in [1.82, 2.24) is 10.3 Å². The van der Waals surface area contributed by atoms with E-state index in [9.17, 15) is 4.79 Å². The van der Waals surface area contributed by atoms with E-state index in [0.717, 1.165) is 33.0 Å². The molecule has 4 rings (SSSR count). The second-order valence-electron chi connectivity index (χ2n) is 7.22. The minimum atomic E-state index is -0.197. The zero-order valence-corrected chi connectivity index (χ0v) is 18.6. The van der Waals surface area contributed by atoms with Gasteiger partial charge in [-0.2, -0.15) is 0 Å². The number of carbonyl (C=O) groups is 1. The second-order valence-corrected chi connectivity index (χ2v) is 8.07. The zero-order valence-electron chi connectivity index (χ0n) is 17.8. The molecule has 3 aromatic carbocycles. The average Bonchev–Trinajstić information content (AvgIpc) is 3.34. The molecule has 1 N–H and O–H groups in total. The van der Waals surface area contributed by atoms with Crippen LogP contribution in [0.25, 0.3) is 10.6 Å². The molecule has 1 aromatic heterocycles. The van der Waals surface area contributed by atoms with Crippen molar-refractivity contribution in [2.24, 2.45) is 0 Å². The lowest BCUT2D eigenvalue weighted by molar-refractivity contribution is 0.0946. The van der Waals surface area contributed by atoms with Crippen LogP contribution in [0.15, 0.2) is 84.2 Å². The maximum absolute atomic E-state index is 12.5. The normalized spacial score (nSPS) is 10.7. The quantitative estimate of drug-likeness (QED) is 0.372. The molecule has 4 aromatic rings. The van der Waals surface area contributed by atoms with E-state index in [1.54, 1.807) is 12.5 Å². The Morgan fingerprint density at radius 1 is 0.875 bits per heavy atom. The number of para-hydroxylation sites is 1. The van der Waals surface area contributed by atoms with Gasteiger partial charge in [-0.25, -0.2) is 4.98 Å². The Labute approximate surface area is 191 Å². The number of methoxy groups -OCH3 is 1. The molecule has 0 atom stereocenters. The van der Waals surface area contributed by atoms with Crippen molar-refractivity contribution in [3.05, 3.63) is 107 Å². The highest BCUT2D eigenvalue weighted by molar-refractivity contribution is 7.13. The fourth-order valence-corrected chi connectivity index (χ4v) is 4.04. The van der Waals surface area contributed by atoms with Crippen LogP contribution in [-0.4, -0.2) is 18.0 Å². The molecule has 0 saturated carbocycles. The van der Waals surface area contributed by atoms with E-state index in [0.29, 0.717) is 25.5 Å². The predicted molar refractivity (Wildman–Crippen MR) is 127 cm³/mol. The van der Waals surface area contributed by atoms with E-state index in [1.807, 2.05) is 78.9 Å². The Kier molecular flexibility index (Phi) is 7.27. The molecule has 162 valence electrons. The number of nitrogens with one attached hydrogen (secondary N) is 1. The van der Waals surface area contributed by atoms with Crippen LogP contribution in [0.4, 0.5) is 0 Å². The number of rotatable bonds is 9. The standard InChI is InChI=1S/C26H24N2O3S/c1-30-24-10-6-5-9-22(24)26-28-23(18-32-26)25(29)27-15-19-11-13-21(14-12-19)17-31-16-20-7-3-2-4-8-20/h2-14,18H,15-17H2,1H3,(H,27,29). The van der Waals surface area contributed by atoms with E-state index in [-0.39, 0.29) is 5.91 Å². The summed E-state index contributed by atoms with van der Waals surface area (Å²) in [5, 5.41) is 5.46. The summed E-state index contributed by atoms with van der Waals surface area (Å²) in [6, 6.07) is 25.8. The number of carbonyl (C=O) groups excluding carboxylic acids is 1. The third-order valence-corrected chi connectivity index (χ3v) is 5.81. The van der Waals surface area contributed by atoms with Crippen molar-refractivity contribution in [1.29, 1.82) is 0 Å². The third-order valence-electron chi connectivity index (χ3n) is 4.93. The van der Waals surface area contributed by atoms with Gasteiger partial charge in [0, 0.05) is 11.9 Å². The van der Waals surface area contributed by atoms with Gasteiger partial charge in [-0.1, -0.05) is 66.7 Å². The SMILES string of the molecule is COc1ccccc1-c1nc(C(=O)NCc2ccc(COCc3ccccc3)cc2)cs1. The molecule has 6 heteroatoms. The predicted octanol–water partition coefficient (Wildman–Crippen LogP) is 5.47. The fraction of sp³-hybridized carbons (Fsp3) is 0.154. The van der Waals surface area contributed by atoms with Crippen molar-refractivity contribution >= 4 is 17.2 Å². The maximum atomic E-state index is 12.5. The molecule has 0 spiro atoms. The van der Waals surface area contributed by atoms with E-state index < -0.39 is 0 Å². The van der Waals surface area contributed by atoms with Crippen molar-refractivity contribution in [3.8, 4) is 16.3 Å². The van der Waals surface area contributed by atoms with Gasteiger partial charge in [-0.15, -0.1) is 11.3 Å². The van der Waals surface area contributed by atoms with Crippen LogP contribution in [0, 0.1) is 0 Å². The number of benzene rings is 3. The summed E-state index contributed by atoms with van der Waals surface area (Å²) < 4.78 is 11.2. The van der Waals surface area contributed by atoms with Crippen molar-refractivity contribution < 1.29 is 14.3 Å². The van der Waals surface area contributed by atoms with Crippen LogP contribution >= 0.6 is 11.3 Å². The fourth-order valence-electron chi connectivity index (χ4n) is 3.21. The third kappa shape index (κ3) is 5.60. The molecule has 0 bridgehead atoms. The first-order valence-corrected chi connectivity index (χ1v) is 11.2. The van der Waals surface area contributed by atoms with Gasteiger partial charge in [0.1, 0.15) is 16.5 Å². The van der Waals surface area contributed by atoms with Crippen molar-refractivity contribution in [3.63, 3.8) is 0 Å².